The number of benzene rings is 1. The fourth-order valence-corrected chi connectivity index (χ4v) is 2.26. The van der Waals surface area contributed by atoms with E-state index in [9.17, 15) is 13.6 Å². The Labute approximate surface area is 111 Å². The molecule has 0 aromatic heterocycles. The van der Waals surface area contributed by atoms with Crippen LogP contribution in [0.5, 0.6) is 0 Å². The highest BCUT2D eigenvalue weighted by Gasteiger charge is 2.43. The molecule has 1 aromatic carbocycles. The Kier molecular flexibility index (Phi) is 4.14. The van der Waals surface area contributed by atoms with E-state index >= 15 is 0 Å². The third-order valence-electron chi connectivity index (χ3n) is 3.32. The van der Waals surface area contributed by atoms with Crippen molar-refractivity contribution < 1.29 is 13.6 Å². The van der Waals surface area contributed by atoms with Gasteiger partial charge in [-0.05, 0) is 12.5 Å². The summed E-state index contributed by atoms with van der Waals surface area (Å²) in [5, 5.41) is 2.61. The molecule has 0 bridgehead atoms. The van der Waals surface area contributed by atoms with Gasteiger partial charge in [-0.15, -0.1) is 0 Å². The van der Waals surface area contributed by atoms with E-state index in [0.29, 0.717) is 13.1 Å². The molecule has 1 aromatic rings. The van der Waals surface area contributed by atoms with Crippen LogP contribution in [0.1, 0.15) is 18.9 Å². The number of likely N-dealkylation sites (N-methyl/N-ethyl adjacent to an activating group) is 1. The molecule has 1 N–H and O–H groups in total. The molecule has 5 heteroatoms. The summed E-state index contributed by atoms with van der Waals surface area (Å²) < 4.78 is 26.2. The highest BCUT2D eigenvalue weighted by atomic mass is 19.3. The molecule has 1 heterocycles. The van der Waals surface area contributed by atoms with Gasteiger partial charge in [-0.2, -0.15) is 0 Å². The summed E-state index contributed by atoms with van der Waals surface area (Å²) in [6.45, 7) is 2.41. The van der Waals surface area contributed by atoms with Gasteiger partial charge in [-0.1, -0.05) is 30.3 Å². The lowest BCUT2D eigenvalue weighted by Gasteiger charge is -2.24. The maximum atomic E-state index is 13.1. The molecule has 1 fully saturated rings. The molecular weight excluding hydrogens is 250 g/mol. The van der Waals surface area contributed by atoms with Gasteiger partial charge < -0.3 is 4.90 Å². The Balaban J connectivity index is 2.00. The van der Waals surface area contributed by atoms with Crippen LogP contribution in [0.2, 0.25) is 0 Å². The predicted octanol–water partition coefficient (Wildman–Crippen LogP) is 2.03. The molecule has 2 rings (SSSR count). The lowest BCUT2D eigenvalue weighted by Crippen LogP contribution is -2.43. The molecule has 104 valence electrons. The van der Waals surface area contributed by atoms with Crippen LogP contribution >= 0.6 is 0 Å². The predicted molar refractivity (Wildman–Crippen MR) is 68.9 cm³/mol. The van der Waals surface area contributed by atoms with Gasteiger partial charge in [0.05, 0.1) is 12.6 Å². The first-order valence-electron chi connectivity index (χ1n) is 6.46. The smallest absolute Gasteiger partial charge is 0.262 e. The van der Waals surface area contributed by atoms with Gasteiger partial charge in [0.2, 0.25) is 5.91 Å². The van der Waals surface area contributed by atoms with Crippen molar-refractivity contribution in [2.45, 2.75) is 31.9 Å². The minimum absolute atomic E-state index is 0.247. The van der Waals surface area contributed by atoms with Crippen molar-refractivity contribution in [2.24, 2.45) is 0 Å². The molecule has 1 aliphatic heterocycles. The van der Waals surface area contributed by atoms with Gasteiger partial charge in [-0.3, -0.25) is 10.1 Å². The van der Waals surface area contributed by atoms with Crippen molar-refractivity contribution in [3.63, 3.8) is 0 Å². The Morgan fingerprint density at radius 1 is 1.42 bits per heavy atom. The van der Waals surface area contributed by atoms with Crippen molar-refractivity contribution in [2.75, 3.05) is 13.1 Å². The van der Waals surface area contributed by atoms with E-state index in [-0.39, 0.29) is 5.91 Å². The number of hydrogen-bond acceptors (Lipinski definition) is 2. The van der Waals surface area contributed by atoms with Gasteiger partial charge in [-0.25, -0.2) is 8.78 Å². The number of nitrogens with zero attached hydrogens (tertiary/aromatic N) is 1. The summed E-state index contributed by atoms with van der Waals surface area (Å²) in [6, 6.07) is 8.78. The first-order valence-corrected chi connectivity index (χ1v) is 6.46. The third-order valence-corrected chi connectivity index (χ3v) is 3.32. The average molecular weight is 268 g/mol. The molecule has 1 atom stereocenters. The van der Waals surface area contributed by atoms with Crippen LogP contribution in [0.15, 0.2) is 30.3 Å². The second-order valence-corrected chi connectivity index (χ2v) is 4.83. The molecule has 0 saturated carbocycles. The fourth-order valence-electron chi connectivity index (χ4n) is 2.26. The zero-order valence-corrected chi connectivity index (χ0v) is 10.9. The summed E-state index contributed by atoms with van der Waals surface area (Å²) in [5.74, 6) is -3.02. The Bertz CT molecular complexity index is 436. The first-order chi connectivity index (χ1) is 9.02. The molecular formula is C14H18F2N2O. The van der Waals surface area contributed by atoms with Gasteiger partial charge in [0, 0.05) is 19.5 Å². The average Bonchev–Trinajstić information content (AvgIpc) is 2.77. The number of carbonyl (C=O) groups excluding carboxylic acids is 1. The van der Waals surface area contributed by atoms with E-state index in [1.54, 1.807) is 4.90 Å². The SMILES string of the molecule is CCN(Cc1ccccc1)C(=O)C1CC(F)(F)CN1. The Morgan fingerprint density at radius 3 is 2.63 bits per heavy atom. The summed E-state index contributed by atoms with van der Waals surface area (Å²) >= 11 is 0. The Morgan fingerprint density at radius 2 is 2.11 bits per heavy atom. The van der Waals surface area contributed by atoms with Crippen LogP contribution in [0, 0.1) is 0 Å². The summed E-state index contributed by atoms with van der Waals surface area (Å²) in [5.41, 5.74) is 1.00. The van der Waals surface area contributed by atoms with Gasteiger partial charge >= 0.3 is 0 Å². The second kappa shape index (κ2) is 5.65. The molecule has 1 saturated heterocycles. The van der Waals surface area contributed by atoms with Crippen molar-refractivity contribution >= 4 is 5.91 Å². The normalized spacial score (nSPS) is 21.3. The molecule has 1 unspecified atom stereocenters. The molecule has 1 amide bonds. The van der Waals surface area contributed by atoms with E-state index in [4.69, 9.17) is 0 Å². The standard InChI is InChI=1S/C14H18F2N2O/c1-2-18(9-11-6-4-3-5-7-11)13(19)12-8-14(15,16)10-17-12/h3-7,12,17H,2,8-10H2,1H3. The summed E-state index contributed by atoms with van der Waals surface area (Å²) in [7, 11) is 0. The minimum atomic E-state index is -2.77. The summed E-state index contributed by atoms with van der Waals surface area (Å²) in [6.07, 6.45) is -0.406. The topological polar surface area (TPSA) is 32.3 Å². The van der Waals surface area contributed by atoms with Crippen LogP contribution in [-0.2, 0) is 11.3 Å². The van der Waals surface area contributed by atoms with E-state index in [1.807, 2.05) is 37.3 Å². The maximum Gasteiger partial charge on any atom is 0.262 e. The van der Waals surface area contributed by atoms with Gasteiger partial charge in [0.15, 0.2) is 0 Å². The summed E-state index contributed by atoms with van der Waals surface area (Å²) in [4.78, 5) is 13.8. The quantitative estimate of drug-likeness (QED) is 0.906. The molecule has 19 heavy (non-hydrogen) atoms. The van der Waals surface area contributed by atoms with E-state index in [2.05, 4.69) is 5.32 Å². The maximum absolute atomic E-state index is 13.1. The fraction of sp³-hybridized carbons (Fsp3) is 0.500. The highest BCUT2D eigenvalue weighted by Crippen LogP contribution is 2.26. The number of hydrogen-bond donors (Lipinski definition) is 1. The monoisotopic (exact) mass is 268 g/mol. The van der Waals surface area contributed by atoms with E-state index < -0.39 is 24.9 Å². The lowest BCUT2D eigenvalue weighted by atomic mass is 10.1. The number of halogens is 2. The first kappa shape index (κ1) is 13.9. The number of amides is 1. The molecule has 0 spiro atoms. The number of carbonyl (C=O) groups is 1. The molecule has 0 aliphatic carbocycles. The second-order valence-electron chi connectivity index (χ2n) is 4.83. The van der Waals surface area contributed by atoms with Crippen molar-refractivity contribution in [3.8, 4) is 0 Å². The highest BCUT2D eigenvalue weighted by molar-refractivity contribution is 5.82. The van der Waals surface area contributed by atoms with Crippen LogP contribution in [0.4, 0.5) is 8.78 Å². The third kappa shape index (κ3) is 3.50. The van der Waals surface area contributed by atoms with Gasteiger partial charge in [0.1, 0.15) is 0 Å². The molecule has 0 radical (unpaired) electrons. The van der Waals surface area contributed by atoms with Crippen LogP contribution in [-0.4, -0.2) is 35.9 Å². The largest absolute Gasteiger partial charge is 0.337 e. The number of alkyl halides is 2. The number of nitrogens with one attached hydrogen (secondary N) is 1. The van der Waals surface area contributed by atoms with Crippen molar-refractivity contribution in [3.05, 3.63) is 35.9 Å². The van der Waals surface area contributed by atoms with Crippen LogP contribution in [0.3, 0.4) is 0 Å². The van der Waals surface area contributed by atoms with Crippen molar-refractivity contribution in [1.29, 1.82) is 0 Å². The zero-order valence-electron chi connectivity index (χ0n) is 10.9. The number of rotatable bonds is 4. The van der Waals surface area contributed by atoms with Crippen molar-refractivity contribution in [1.82, 2.24) is 10.2 Å². The lowest BCUT2D eigenvalue weighted by molar-refractivity contribution is -0.134. The van der Waals surface area contributed by atoms with E-state index in [1.165, 1.54) is 0 Å². The minimum Gasteiger partial charge on any atom is -0.337 e. The Hall–Kier alpha value is -1.49. The van der Waals surface area contributed by atoms with Crippen LogP contribution in [0.25, 0.3) is 0 Å². The van der Waals surface area contributed by atoms with E-state index in [0.717, 1.165) is 5.56 Å². The molecule has 1 aliphatic rings. The zero-order chi connectivity index (χ0) is 13.9. The van der Waals surface area contributed by atoms with Gasteiger partial charge in [0.25, 0.3) is 5.92 Å². The molecule has 3 nitrogen and oxygen atoms in total. The van der Waals surface area contributed by atoms with Crippen LogP contribution < -0.4 is 5.32 Å².